The lowest BCUT2D eigenvalue weighted by Gasteiger charge is -2.17. The fourth-order valence-corrected chi connectivity index (χ4v) is 2.79. The summed E-state index contributed by atoms with van der Waals surface area (Å²) in [6.45, 7) is 8.32. The highest BCUT2D eigenvalue weighted by molar-refractivity contribution is 5.99. The fraction of sp³-hybridized carbons (Fsp3) is 0.400. The predicted molar refractivity (Wildman–Crippen MR) is 97.9 cm³/mol. The molecule has 1 fully saturated rings. The van der Waals surface area contributed by atoms with Crippen LogP contribution < -0.4 is 5.32 Å². The molecule has 0 atom stereocenters. The van der Waals surface area contributed by atoms with Crippen molar-refractivity contribution in [3.05, 3.63) is 59.8 Å². The molecule has 0 radical (unpaired) electrons. The van der Waals surface area contributed by atoms with Crippen LogP contribution >= 0.6 is 0 Å². The number of hydrogen-bond acceptors (Lipinski definition) is 3. The second-order valence-electron chi connectivity index (χ2n) is 6.11. The summed E-state index contributed by atoms with van der Waals surface area (Å²) in [5.41, 5.74) is 2.58. The Kier molecular flexibility index (Phi) is 6.10. The van der Waals surface area contributed by atoms with E-state index in [-0.39, 0.29) is 5.91 Å². The van der Waals surface area contributed by atoms with Gasteiger partial charge in [-0.25, -0.2) is 4.98 Å². The monoisotopic (exact) mass is 326 g/mol. The molecule has 0 unspecified atom stereocenters. The fourth-order valence-electron chi connectivity index (χ4n) is 2.79. The number of pyridine rings is 1. The van der Waals surface area contributed by atoms with Crippen LogP contribution in [0.2, 0.25) is 0 Å². The van der Waals surface area contributed by atoms with Crippen LogP contribution in [-0.4, -0.2) is 24.6 Å². The number of allylic oxidation sites excluding steroid dienone is 3. The molecule has 1 aromatic rings. The lowest BCUT2D eigenvalue weighted by molar-refractivity contribution is -0.119. The summed E-state index contributed by atoms with van der Waals surface area (Å²) in [6, 6.07) is 3.98. The number of nitrogens with one attached hydrogen (secondary N) is 1. The van der Waals surface area contributed by atoms with E-state index in [1.54, 1.807) is 13.2 Å². The Bertz CT molecular complexity index is 670. The van der Waals surface area contributed by atoms with Crippen LogP contribution in [0.3, 0.4) is 0 Å². The van der Waals surface area contributed by atoms with Gasteiger partial charge in [-0.2, -0.15) is 0 Å². The lowest BCUT2D eigenvalue weighted by atomic mass is 9.93. The molecule has 1 amide bonds. The van der Waals surface area contributed by atoms with Gasteiger partial charge in [-0.3, -0.25) is 4.79 Å². The second kappa shape index (κ2) is 8.06. The van der Waals surface area contributed by atoms with Gasteiger partial charge in [-0.15, -0.1) is 0 Å². The first kappa shape index (κ1) is 18.1. The molecular weight excluding hydrogens is 300 g/mol. The molecule has 4 heteroatoms. The number of anilines is 1. The van der Waals surface area contributed by atoms with Crippen LogP contribution in [0.15, 0.2) is 48.6 Å². The third-order valence-electron chi connectivity index (χ3n) is 4.26. The van der Waals surface area contributed by atoms with E-state index in [4.69, 9.17) is 4.74 Å². The molecule has 1 aromatic heterocycles. The quantitative estimate of drug-likeness (QED) is 0.735. The van der Waals surface area contributed by atoms with Crippen LogP contribution in [-0.2, 0) is 16.0 Å². The van der Waals surface area contributed by atoms with Gasteiger partial charge in [0.15, 0.2) is 0 Å². The molecule has 0 aromatic carbocycles. The van der Waals surface area contributed by atoms with Gasteiger partial charge in [0.2, 0.25) is 5.91 Å². The molecule has 0 spiro atoms. The van der Waals surface area contributed by atoms with E-state index >= 15 is 0 Å². The Morgan fingerprint density at radius 1 is 1.46 bits per heavy atom. The number of carbonyl (C=O) groups excluding carboxylic acids is 1. The second-order valence-corrected chi connectivity index (χ2v) is 6.11. The van der Waals surface area contributed by atoms with E-state index in [0.717, 1.165) is 30.5 Å². The van der Waals surface area contributed by atoms with E-state index < -0.39 is 5.41 Å². The van der Waals surface area contributed by atoms with Crippen LogP contribution in [0.5, 0.6) is 0 Å². The van der Waals surface area contributed by atoms with Crippen LogP contribution in [0.4, 0.5) is 5.82 Å². The summed E-state index contributed by atoms with van der Waals surface area (Å²) in [4.78, 5) is 17.3. The summed E-state index contributed by atoms with van der Waals surface area (Å²) in [7, 11) is 1.65. The van der Waals surface area contributed by atoms with Gasteiger partial charge in [-0.1, -0.05) is 37.8 Å². The standard InChI is InChI=1S/C20H26N2O2/c1-5-8-17(9-7-12-24-4)20(10-11-20)19(23)22-18-14-16(6-2)13-15(3)21-18/h5,7-9,13-14H,1,6,10-12H2,2-4H3,(H,21,22,23)/b9-7-,17-8+. The number of hydrogen-bond donors (Lipinski definition) is 1. The van der Waals surface area contributed by atoms with Crippen LogP contribution in [0.1, 0.15) is 31.0 Å². The number of methoxy groups -OCH3 is 1. The average molecular weight is 326 g/mol. The maximum absolute atomic E-state index is 12.9. The largest absolute Gasteiger partial charge is 0.381 e. The highest BCUT2D eigenvalue weighted by Gasteiger charge is 2.51. The van der Waals surface area contributed by atoms with E-state index in [1.807, 2.05) is 37.3 Å². The van der Waals surface area contributed by atoms with Gasteiger partial charge in [-0.05, 0) is 49.5 Å². The van der Waals surface area contributed by atoms with E-state index in [0.29, 0.717) is 12.4 Å². The number of nitrogens with zero attached hydrogens (tertiary/aromatic N) is 1. The van der Waals surface area contributed by atoms with Gasteiger partial charge < -0.3 is 10.1 Å². The summed E-state index contributed by atoms with van der Waals surface area (Å²) in [6.07, 6.45) is 10.1. The van der Waals surface area contributed by atoms with E-state index in [1.165, 1.54) is 5.56 Å². The Labute approximate surface area is 144 Å². The normalized spacial score (nSPS) is 16.2. The maximum Gasteiger partial charge on any atom is 0.236 e. The molecule has 0 saturated heterocycles. The van der Waals surface area contributed by atoms with Gasteiger partial charge in [0.05, 0.1) is 12.0 Å². The first-order valence-electron chi connectivity index (χ1n) is 8.33. The molecule has 0 bridgehead atoms. The van der Waals surface area contributed by atoms with Crippen molar-refractivity contribution in [2.75, 3.05) is 19.0 Å². The smallest absolute Gasteiger partial charge is 0.236 e. The number of aromatic nitrogens is 1. The zero-order chi connectivity index (χ0) is 17.6. The summed E-state index contributed by atoms with van der Waals surface area (Å²) < 4.78 is 5.05. The van der Waals surface area contributed by atoms with Crippen molar-refractivity contribution in [2.45, 2.75) is 33.1 Å². The molecule has 128 valence electrons. The van der Waals surface area contributed by atoms with Crippen molar-refractivity contribution < 1.29 is 9.53 Å². The minimum Gasteiger partial charge on any atom is -0.381 e. The van der Waals surface area contributed by atoms with Crippen molar-refractivity contribution in [1.82, 2.24) is 4.98 Å². The highest BCUT2D eigenvalue weighted by atomic mass is 16.5. The number of aryl methyl sites for hydroxylation is 2. The van der Waals surface area contributed by atoms with Crippen molar-refractivity contribution in [3.8, 4) is 0 Å². The Balaban J connectivity index is 2.20. The Morgan fingerprint density at radius 3 is 2.79 bits per heavy atom. The van der Waals surface area contributed by atoms with Gasteiger partial charge in [0, 0.05) is 12.8 Å². The number of carbonyl (C=O) groups is 1. The third kappa shape index (κ3) is 4.20. The predicted octanol–water partition coefficient (Wildman–Crippen LogP) is 3.99. The topological polar surface area (TPSA) is 51.2 Å². The summed E-state index contributed by atoms with van der Waals surface area (Å²) in [5.74, 6) is 0.625. The zero-order valence-electron chi connectivity index (χ0n) is 14.8. The number of rotatable bonds is 8. The molecule has 2 rings (SSSR count). The minimum atomic E-state index is -0.476. The van der Waals surface area contributed by atoms with Crippen molar-refractivity contribution >= 4 is 11.7 Å². The van der Waals surface area contributed by atoms with E-state index in [2.05, 4.69) is 23.8 Å². The molecule has 1 N–H and O–H groups in total. The molecule has 0 aliphatic heterocycles. The van der Waals surface area contributed by atoms with E-state index in [9.17, 15) is 4.79 Å². The molecule has 24 heavy (non-hydrogen) atoms. The molecule has 1 heterocycles. The molecule has 1 saturated carbocycles. The molecular formula is C20H26N2O2. The molecule has 1 aliphatic carbocycles. The Morgan fingerprint density at radius 2 is 2.21 bits per heavy atom. The first-order valence-corrected chi connectivity index (χ1v) is 8.33. The maximum atomic E-state index is 12.9. The van der Waals surface area contributed by atoms with Gasteiger partial charge >= 0.3 is 0 Å². The average Bonchev–Trinajstić information content (AvgIpc) is 3.35. The molecule has 1 aliphatic rings. The zero-order valence-corrected chi connectivity index (χ0v) is 14.8. The van der Waals surface area contributed by atoms with Crippen LogP contribution in [0, 0.1) is 12.3 Å². The van der Waals surface area contributed by atoms with Crippen LogP contribution in [0.25, 0.3) is 0 Å². The van der Waals surface area contributed by atoms with Crippen molar-refractivity contribution in [1.29, 1.82) is 0 Å². The number of ether oxygens (including phenoxy) is 1. The van der Waals surface area contributed by atoms with Gasteiger partial charge in [0.25, 0.3) is 0 Å². The third-order valence-corrected chi connectivity index (χ3v) is 4.26. The lowest BCUT2D eigenvalue weighted by Crippen LogP contribution is -2.26. The van der Waals surface area contributed by atoms with Crippen molar-refractivity contribution in [2.24, 2.45) is 5.41 Å². The summed E-state index contributed by atoms with van der Waals surface area (Å²) in [5, 5.41) is 3.00. The van der Waals surface area contributed by atoms with Crippen molar-refractivity contribution in [3.63, 3.8) is 0 Å². The highest BCUT2D eigenvalue weighted by Crippen LogP contribution is 2.53. The first-order chi connectivity index (χ1) is 11.6. The molecule has 4 nitrogen and oxygen atoms in total. The van der Waals surface area contributed by atoms with Gasteiger partial charge in [0.1, 0.15) is 5.82 Å². The summed E-state index contributed by atoms with van der Waals surface area (Å²) >= 11 is 0. The number of amides is 1. The SMILES string of the molecule is C=C/C=C(\C=C/COC)C1(C(=O)Nc2cc(CC)cc(C)n2)CC1. The Hall–Kier alpha value is -2.20. The minimum absolute atomic E-state index is 0.00202.